The fraction of sp³-hybridized carbons (Fsp3) is 0.889. The van der Waals surface area contributed by atoms with Gasteiger partial charge in [0.05, 0.1) is 0 Å². The number of hydrogen-bond acceptors (Lipinski definition) is 2. The van der Waals surface area contributed by atoms with E-state index in [1.807, 2.05) is 0 Å². The highest BCUT2D eigenvalue weighted by molar-refractivity contribution is 5.66. The fourth-order valence-electron chi connectivity index (χ4n) is 1.59. The Bertz CT molecular complexity index is 150. The molecule has 1 N–H and O–H groups in total. The van der Waals surface area contributed by atoms with Gasteiger partial charge in [-0.3, -0.25) is 4.79 Å². The van der Waals surface area contributed by atoms with Gasteiger partial charge in [-0.15, -0.1) is 0 Å². The van der Waals surface area contributed by atoms with E-state index in [4.69, 9.17) is 9.84 Å². The Morgan fingerprint density at radius 2 is 2.50 bits per heavy atom. The van der Waals surface area contributed by atoms with Crippen molar-refractivity contribution in [1.82, 2.24) is 0 Å². The van der Waals surface area contributed by atoms with Gasteiger partial charge in [0.1, 0.15) is 0 Å². The predicted molar refractivity (Wildman–Crippen MR) is 45.0 cm³/mol. The van der Waals surface area contributed by atoms with Crippen molar-refractivity contribution < 1.29 is 14.6 Å². The van der Waals surface area contributed by atoms with Gasteiger partial charge in [0, 0.05) is 19.6 Å². The lowest BCUT2D eigenvalue weighted by Crippen LogP contribution is -2.12. The Kier molecular flexibility index (Phi) is 3.53. The minimum Gasteiger partial charge on any atom is -0.481 e. The molecule has 0 aromatic heterocycles. The van der Waals surface area contributed by atoms with Crippen LogP contribution in [0.4, 0.5) is 0 Å². The molecule has 2 atom stereocenters. The Balaban J connectivity index is 2.17. The molecular formula is C9H16O3. The molecule has 0 amide bonds. The first-order valence-corrected chi connectivity index (χ1v) is 4.49. The fourth-order valence-corrected chi connectivity index (χ4v) is 1.59. The molecule has 1 heterocycles. The van der Waals surface area contributed by atoms with Crippen LogP contribution in [0.1, 0.15) is 26.2 Å². The molecule has 3 nitrogen and oxygen atoms in total. The average Bonchev–Trinajstić information content (AvgIpc) is 2.51. The minimum absolute atomic E-state index is 0.289. The minimum atomic E-state index is -0.694. The van der Waals surface area contributed by atoms with E-state index in [0.717, 1.165) is 26.1 Å². The molecule has 1 aliphatic rings. The van der Waals surface area contributed by atoms with E-state index in [1.54, 1.807) is 0 Å². The van der Waals surface area contributed by atoms with Crippen molar-refractivity contribution in [2.45, 2.75) is 26.2 Å². The molecule has 0 aromatic rings. The highest BCUT2D eigenvalue weighted by Crippen LogP contribution is 2.24. The first kappa shape index (κ1) is 9.52. The summed E-state index contributed by atoms with van der Waals surface area (Å²) < 4.78 is 5.24. The van der Waals surface area contributed by atoms with Crippen molar-refractivity contribution in [3.63, 3.8) is 0 Å². The maximum atomic E-state index is 10.3. The van der Waals surface area contributed by atoms with Gasteiger partial charge < -0.3 is 9.84 Å². The molecule has 70 valence electrons. The lowest BCUT2D eigenvalue weighted by atomic mass is 9.90. The van der Waals surface area contributed by atoms with Crippen molar-refractivity contribution in [1.29, 1.82) is 0 Å². The van der Waals surface area contributed by atoms with E-state index < -0.39 is 5.97 Å². The van der Waals surface area contributed by atoms with Gasteiger partial charge in [-0.1, -0.05) is 6.92 Å². The topological polar surface area (TPSA) is 46.5 Å². The van der Waals surface area contributed by atoms with Crippen molar-refractivity contribution in [3.8, 4) is 0 Å². The first-order chi connectivity index (χ1) is 5.70. The molecule has 12 heavy (non-hydrogen) atoms. The molecule has 2 unspecified atom stereocenters. The van der Waals surface area contributed by atoms with Crippen LogP contribution in [0.5, 0.6) is 0 Å². The Morgan fingerprint density at radius 3 is 3.00 bits per heavy atom. The van der Waals surface area contributed by atoms with Gasteiger partial charge in [-0.2, -0.15) is 0 Å². The molecular weight excluding hydrogens is 156 g/mol. The maximum absolute atomic E-state index is 10.3. The Hall–Kier alpha value is -0.570. The second-order valence-electron chi connectivity index (χ2n) is 3.53. The standard InChI is InChI=1S/C9H16O3/c1-7(2-3-9(10)11)8-4-5-12-6-8/h7-8H,2-6H2,1H3,(H,10,11). The number of rotatable bonds is 4. The predicted octanol–water partition coefficient (Wildman–Crippen LogP) is 1.52. The molecule has 1 fully saturated rings. The molecule has 1 aliphatic heterocycles. The number of carboxylic acids is 1. The summed E-state index contributed by atoms with van der Waals surface area (Å²) in [7, 11) is 0. The van der Waals surface area contributed by atoms with E-state index in [1.165, 1.54) is 0 Å². The third kappa shape index (κ3) is 2.81. The average molecular weight is 172 g/mol. The number of aliphatic carboxylic acids is 1. The summed E-state index contributed by atoms with van der Waals surface area (Å²) in [5, 5.41) is 8.47. The van der Waals surface area contributed by atoms with Crippen LogP contribution in [-0.2, 0) is 9.53 Å². The molecule has 3 heteroatoms. The molecule has 0 saturated carbocycles. The van der Waals surface area contributed by atoms with Crippen molar-refractivity contribution in [2.24, 2.45) is 11.8 Å². The van der Waals surface area contributed by atoms with E-state index in [9.17, 15) is 4.79 Å². The van der Waals surface area contributed by atoms with Crippen LogP contribution in [-0.4, -0.2) is 24.3 Å². The molecule has 0 spiro atoms. The molecule has 0 bridgehead atoms. The zero-order valence-electron chi connectivity index (χ0n) is 7.45. The summed E-state index contributed by atoms with van der Waals surface area (Å²) >= 11 is 0. The van der Waals surface area contributed by atoms with E-state index >= 15 is 0 Å². The summed E-state index contributed by atoms with van der Waals surface area (Å²) in [6.07, 6.45) is 2.17. The van der Waals surface area contributed by atoms with Crippen molar-refractivity contribution in [3.05, 3.63) is 0 Å². The largest absolute Gasteiger partial charge is 0.481 e. The van der Waals surface area contributed by atoms with Crippen LogP contribution in [0, 0.1) is 11.8 Å². The smallest absolute Gasteiger partial charge is 0.303 e. The Labute approximate surface area is 72.7 Å². The van der Waals surface area contributed by atoms with Gasteiger partial charge in [0.15, 0.2) is 0 Å². The van der Waals surface area contributed by atoms with Gasteiger partial charge in [-0.25, -0.2) is 0 Å². The summed E-state index contributed by atoms with van der Waals surface area (Å²) in [6.45, 7) is 3.78. The van der Waals surface area contributed by atoms with Gasteiger partial charge in [0.25, 0.3) is 0 Å². The van der Waals surface area contributed by atoms with Crippen molar-refractivity contribution in [2.75, 3.05) is 13.2 Å². The molecule has 1 rings (SSSR count). The first-order valence-electron chi connectivity index (χ1n) is 4.49. The summed E-state index contributed by atoms with van der Waals surface area (Å²) in [5.74, 6) is 0.383. The summed E-state index contributed by atoms with van der Waals surface area (Å²) in [6, 6.07) is 0. The molecule has 0 aliphatic carbocycles. The van der Waals surface area contributed by atoms with Crippen LogP contribution in [0.15, 0.2) is 0 Å². The highest BCUT2D eigenvalue weighted by atomic mass is 16.5. The van der Waals surface area contributed by atoms with Crippen LogP contribution in [0.25, 0.3) is 0 Å². The molecule has 1 saturated heterocycles. The Morgan fingerprint density at radius 1 is 1.75 bits per heavy atom. The number of hydrogen-bond donors (Lipinski definition) is 1. The summed E-state index contributed by atoms with van der Waals surface area (Å²) in [4.78, 5) is 10.3. The lowest BCUT2D eigenvalue weighted by molar-refractivity contribution is -0.137. The molecule has 0 aromatic carbocycles. The van der Waals surface area contributed by atoms with E-state index in [2.05, 4.69) is 6.92 Å². The van der Waals surface area contributed by atoms with Crippen molar-refractivity contribution >= 4 is 5.97 Å². The zero-order chi connectivity index (χ0) is 8.97. The lowest BCUT2D eigenvalue weighted by Gasteiger charge is -2.15. The van der Waals surface area contributed by atoms with Crippen LogP contribution < -0.4 is 0 Å². The third-order valence-corrected chi connectivity index (χ3v) is 2.58. The second kappa shape index (κ2) is 4.45. The van der Waals surface area contributed by atoms with E-state index in [0.29, 0.717) is 11.8 Å². The van der Waals surface area contributed by atoms with Crippen LogP contribution in [0.3, 0.4) is 0 Å². The van der Waals surface area contributed by atoms with Crippen LogP contribution in [0.2, 0.25) is 0 Å². The highest BCUT2D eigenvalue weighted by Gasteiger charge is 2.22. The zero-order valence-corrected chi connectivity index (χ0v) is 7.45. The van der Waals surface area contributed by atoms with Crippen LogP contribution >= 0.6 is 0 Å². The van der Waals surface area contributed by atoms with Gasteiger partial charge in [0.2, 0.25) is 0 Å². The molecule has 0 radical (unpaired) electrons. The van der Waals surface area contributed by atoms with Gasteiger partial charge >= 0.3 is 5.97 Å². The third-order valence-electron chi connectivity index (χ3n) is 2.58. The number of carboxylic acid groups (broad SMARTS) is 1. The number of ether oxygens (including phenoxy) is 1. The second-order valence-corrected chi connectivity index (χ2v) is 3.53. The normalized spacial score (nSPS) is 25.6. The summed E-state index contributed by atoms with van der Waals surface area (Å²) in [5.41, 5.74) is 0. The monoisotopic (exact) mass is 172 g/mol. The van der Waals surface area contributed by atoms with E-state index in [-0.39, 0.29) is 6.42 Å². The SMILES string of the molecule is CC(CCC(=O)O)C1CCOC1. The number of carbonyl (C=O) groups is 1. The maximum Gasteiger partial charge on any atom is 0.303 e. The quantitative estimate of drug-likeness (QED) is 0.699. The van der Waals surface area contributed by atoms with Gasteiger partial charge in [-0.05, 0) is 24.7 Å².